The number of anilines is 2. The molecule has 1 N–H and O–H groups in total. The number of ether oxygens (including phenoxy) is 1. The highest BCUT2D eigenvalue weighted by atomic mass is 16.5. The predicted molar refractivity (Wildman–Crippen MR) is 117 cm³/mol. The molecular formula is C24H25N3O2. The average molecular weight is 387 g/mol. The van der Waals surface area contributed by atoms with E-state index in [1.165, 1.54) is 0 Å². The standard InChI is InChI=1S/C24H25N3O2/c1-19-9-5-6-12-21(19)25-24(28)27-17-15-26(16-18-27)22-13-7-8-14-23(22)29-20-10-3-2-4-11-20/h2-14H,15-18H2,1H3,(H,25,28). The lowest BCUT2D eigenvalue weighted by Gasteiger charge is -2.36. The van der Waals surface area contributed by atoms with Crippen molar-refractivity contribution in [1.29, 1.82) is 0 Å². The Morgan fingerprint density at radius 2 is 1.48 bits per heavy atom. The number of hydrogen-bond acceptors (Lipinski definition) is 3. The molecule has 5 nitrogen and oxygen atoms in total. The van der Waals surface area contributed by atoms with Crippen LogP contribution in [0.3, 0.4) is 0 Å². The summed E-state index contributed by atoms with van der Waals surface area (Å²) in [6.45, 7) is 4.85. The second-order valence-electron chi connectivity index (χ2n) is 7.10. The summed E-state index contributed by atoms with van der Waals surface area (Å²) >= 11 is 0. The molecule has 3 aromatic rings. The highest BCUT2D eigenvalue weighted by Gasteiger charge is 2.23. The van der Waals surface area contributed by atoms with Crippen LogP contribution in [-0.4, -0.2) is 37.1 Å². The molecule has 0 spiro atoms. The number of aryl methyl sites for hydroxylation is 1. The van der Waals surface area contributed by atoms with Crippen molar-refractivity contribution in [3.8, 4) is 11.5 Å². The highest BCUT2D eigenvalue weighted by molar-refractivity contribution is 5.90. The fourth-order valence-electron chi connectivity index (χ4n) is 3.48. The summed E-state index contributed by atoms with van der Waals surface area (Å²) in [6.07, 6.45) is 0. The fraction of sp³-hybridized carbons (Fsp3) is 0.208. The molecule has 2 amide bonds. The first-order valence-electron chi connectivity index (χ1n) is 9.89. The Bertz CT molecular complexity index is 967. The molecule has 4 rings (SSSR count). The topological polar surface area (TPSA) is 44.8 Å². The van der Waals surface area contributed by atoms with Crippen molar-refractivity contribution in [2.75, 3.05) is 36.4 Å². The van der Waals surface area contributed by atoms with Crippen LogP contribution < -0.4 is 15.0 Å². The molecule has 1 heterocycles. The number of rotatable bonds is 4. The molecule has 1 fully saturated rings. The number of carbonyl (C=O) groups is 1. The van der Waals surface area contributed by atoms with Gasteiger partial charge >= 0.3 is 6.03 Å². The van der Waals surface area contributed by atoms with Gasteiger partial charge in [0.05, 0.1) is 5.69 Å². The molecule has 0 aromatic heterocycles. The minimum atomic E-state index is -0.0484. The minimum Gasteiger partial charge on any atom is -0.455 e. The first kappa shape index (κ1) is 18.9. The van der Waals surface area contributed by atoms with E-state index in [-0.39, 0.29) is 6.03 Å². The van der Waals surface area contributed by atoms with Crippen LogP contribution in [0.1, 0.15) is 5.56 Å². The van der Waals surface area contributed by atoms with Gasteiger partial charge in [0.25, 0.3) is 0 Å². The number of piperazine rings is 1. The average Bonchev–Trinajstić information content (AvgIpc) is 2.77. The molecule has 5 heteroatoms. The molecule has 1 aliphatic rings. The van der Waals surface area contributed by atoms with E-state index in [1.807, 2.05) is 84.6 Å². The van der Waals surface area contributed by atoms with Gasteiger partial charge in [-0.1, -0.05) is 48.5 Å². The summed E-state index contributed by atoms with van der Waals surface area (Å²) in [5, 5.41) is 3.02. The lowest BCUT2D eigenvalue weighted by molar-refractivity contribution is 0.208. The Kier molecular flexibility index (Phi) is 5.66. The molecule has 0 unspecified atom stereocenters. The number of urea groups is 1. The maximum absolute atomic E-state index is 12.6. The number of nitrogens with zero attached hydrogens (tertiary/aromatic N) is 2. The van der Waals surface area contributed by atoms with Crippen molar-refractivity contribution >= 4 is 17.4 Å². The molecular weight excluding hydrogens is 362 g/mol. The van der Waals surface area contributed by atoms with Gasteiger partial charge in [-0.2, -0.15) is 0 Å². The summed E-state index contributed by atoms with van der Waals surface area (Å²) < 4.78 is 6.09. The van der Waals surface area contributed by atoms with Crippen LogP contribution in [-0.2, 0) is 0 Å². The molecule has 0 aliphatic carbocycles. The third-order valence-corrected chi connectivity index (χ3v) is 5.13. The van der Waals surface area contributed by atoms with Gasteiger partial charge in [-0.15, -0.1) is 0 Å². The normalized spacial score (nSPS) is 13.8. The van der Waals surface area contributed by atoms with Gasteiger partial charge < -0.3 is 19.9 Å². The van der Waals surface area contributed by atoms with E-state index in [4.69, 9.17) is 4.74 Å². The van der Waals surface area contributed by atoms with Gasteiger partial charge in [0.15, 0.2) is 5.75 Å². The molecule has 3 aromatic carbocycles. The zero-order chi connectivity index (χ0) is 20.1. The van der Waals surface area contributed by atoms with Crippen LogP contribution in [0.5, 0.6) is 11.5 Å². The highest BCUT2D eigenvalue weighted by Crippen LogP contribution is 2.32. The van der Waals surface area contributed by atoms with Gasteiger partial charge in [-0.05, 0) is 42.8 Å². The first-order chi connectivity index (χ1) is 14.2. The summed E-state index contributed by atoms with van der Waals surface area (Å²) in [7, 11) is 0. The first-order valence-corrected chi connectivity index (χ1v) is 9.89. The van der Waals surface area contributed by atoms with Crippen LogP contribution in [0.15, 0.2) is 78.9 Å². The number of amides is 2. The molecule has 1 saturated heterocycles. The molecule has 0 atom stereocenters. The van der Waals surface area contributed by atoms with Crippen LogP contribution in [0, 0.1) is 6.92 Å². The summed E-state index contributed by atoms with van der Waals surface area (Å²) in [4.78, 5) is 16.8. The van der Waals surface area contributed by atoms with Crippen LogP contribution in [0.2, 0.25) is 0 Å². The lowest BCUT2D eigenvalue weighted by Crippen LogP contribution is -2.50. The second-order valence-corrected chi connectivity index (χ2v) is 7.10. The van der Waals surface area contributed by atoms with Crippen molar-refractivity contribution in [2.24, 2.45) is 0 Å². The number of hydrogen-bond donors (Lipinski definition) is 1. The van der Waals surface area contributed by atoms with Gasteiger partial charge in [-0.3, -0.25) is 0 Å². The van der Waals surface area contributed by atoms with Crippen molar-refractivity contribution in [3.05, 3.63) is 84.4 Å². The largest absolute Gasteiger partial charge is 0.455 e. The second kappa shape index (κ2) is 8.69. The zero-order valence-electron chi connectivity index (χ0n) is 16.5. The summed E-state index contributed by atoms with van der Waals surface area (Å²) in [6, 6.07) is 25.6. The Hall–Kier alpha value is -3.47. The quantitative estimate of drug-likeness (QED) is 0.674. The molecule has 29 heavy (non-hydrogen) atoms. The maximum atomic E-state index is 12.6. The smallest absolute Gasteiger partial charge is 0.321 e. The van der Waals surface area contributed by atoms with Crippen molar-refractivity contribution in [3.63, 3.8) is 0 Å². The van der Waals surface area contributed by atoms with Gasteiger partial charge in [0.2, 0.25) is 0 Å². The Morgan fingerprint density at radius 3 is 2.24 bits per heavy atom. The van der Waals surface area contributed by atoms with E-state index in [1.54, 1.807) is 0 Å². The zero-order valence-corrected chi connectivity index (χ0v) is 16.5. The van der Waals surface area contributed by atoms with E-state index in [9.17, 15) is 4.79 Å². The van der Waals surface area contributed by atoms with Gasteiger partial charge in [-0.25, -0.2) is 4.79 Å². The van der Waals surface area contributed by atoms with E-state index in [2.05, 4.69) is 16.3 Å². The monoisotopic (exact) mass is 387 g/mol. The SMILES string of the molecule is Cc1ccccc1NC(=O)N1CCN(c2ccccc2Oc2ccccc2)CC1. The molecule has 0 bridgehead atoms. The summed E-state index contributed by atoms with van der Waals surface area (Å²) in [5.41, 5.74) is 2.98. The van der Waals surface area contributed by atoms with E-state index in [0.29, 0.717) is 13.1 Å². The van der Waals surface area contributed by atoms with E-state index < -0.39 is 0 Å². The van der Waals surface area contributed by atoms with E-state index >= 15 is 0 Å². The molecule has 0 radical (unpaired) electrons. The van der Waals surface area contributed by atoms with Gasteiger partial charge in [0, 0.05) is 31.9 Å². The number of benzene rings is 3. The molecule has 0 saturated carbocycles. The lowest BCUT2D eigenvalue weighted by atomic mass is 10.2. The number of para-hydroxylation sites is 4. The fourth-order valence-corrected chi connectivity index (χ4v) is 3.48. The Morgan fingerprint density at radius 1 is 0.828 bits per heavy atom. The predicted octanol–water partition coefficient (Wildman–Crippen LogP) is 5.14. The maximum Gasteiger partial charge on any atom is 0.321 e. The minimum absolute atomic E-state index is 0.0484. The van der Waals surface area contributed by atoms with Crippen molar-refractivity contribution in [2.45, 2.75) is 6.92 Å². The van der Waals surface area contributed by atoms with Gasteiger partial charge in [0.1, 0.15) is 5.75 Å². The van der Waals surface area contributed by atoms with Crippen molar-refractivity contribution < 1.29 is 9.53 Å². The van der Waals surface area contributed by atoms with Crippen LogP contribution in [0.25, 0.3) is 0 Å². The van der Waals surface area contributed by atoms with Crippen LogP contribution in [0.4, 0.5) is 16.2 Å². The van der Waals surface area contributed by atoms with Crippen molar-refractivity contribution in [1.82, 2.24) is 4.90 Å². The molecule has 148 valence electrons. The summed E-state index contributed by atoms with van der Waals surface area (Å²) in [5.74, 6) is 1.65. The van der Waals surface area contributed by atoms with Crippen LogP contribution >= 0.6 is 0 Å². The number of carbonyl (C=O) groups excluding carboxylic acids is 1. The van der Waals surface area contributed by atoms with E-state index in [0.717, 1.165) is 41.5 Å². The Balaban J connectivity index is 1.40. The molecule has 1 aliphatic heterocycles. The third-order valence-electron chi connectivity index (χ3n) is 5.13. The third kappa shape index (κ3) is 4.51. The Labute approximate surface area is 171 Å². The number of nitrogens with one attached hydrogen (secondary N) is 1.